The summed E-state index contributed by atoms with van der Waals surface area (Å²) >= 11 is 0. The summed E-state index contributed by atoms with van der Waals surface area (Å²) in [5, 5.41) is 6.63. The molecule has 0 bridgehead atoms. The maximum atomic E-state index is 13.1. The van der Waals surface area contributed by atoms with Gasteiger partial charge in [-0.3, -0.25) is 4.79 Å². The van der Waals surface area contributed by atoms with Gasteiger partial charge in [0.1, 0.15) is 5.82 Å². The van der Waals surface area contributed by atoms with Gasteiger partial charge >= 0.3 is 0 Å². The summed E-state index contributed by atoms with van der Waals surface area (Å²) < 4.78 is 18.4. The van der Waals surface area contributed by atoms with Crippen LogP contribution in [0.4, 0.5) is 10.1 Å². The van der Waals surface area contributed by atoms with Gasteiger partial charge in [0.05, 0.1) is 0 Å². The summed E-state index contributed by atoms with van der Waals surface area (Å²) in [4.78, 5) is 16.3. The molecular weight excluding hydrogens is 345 g/mol. The zero-order valence-corrected chi connectivity index (χ0v) is 15.6. The van der Waals surface area contributed by atoms with Crippen LogP contribution in [-0.2, 0) is 16.6 Å². The lowest BCUT2D eigenvalue weighted by atomic mass is 9.87. The van der Waals surface area contributed by atoms with E-state index in [-0.39, 0.29) is 17.7 Å². The molecule has 0 fully saturated rings. The fourth-order valence-electron chi connectivity index (χ4n) is 2.60. The number of hydrogen-bond donors (Lipinski definition) is 1. The first-order valence-electron chi connectivity index (χ1n) is 8.80. The monoisotopic (exact) mass is 367 g/mol. The molecule has 0 atom stereocenters. The first kappa shape index (κ1) is 18.8. The number of halogens is 1. The highest BCUT2D eigenvalue weighted by Crippen LogP contribution is 2.25. The van der Waals surface area contributed by atoms with Gasteiger partial charge in [0, 0.05) is 24.1 Å². The third-order valence-electron chi connectivity index (χ3n) is 4.15. The molecule has 0 aliphatic carbocycles. The van der Waals surface area contributed by atoms with Gasteiger partial charge in [0.15, 0.2) is 0 Å². The van der Waals surface area contributed by atoms with E-state index in [1.165, 1.54) is 17.7 Å². The van der Waals surface area contributed by atoms with Crippen LogP contribution in [0.3, 0.4) is 0 Å². The van der Waals surface area contributed by atoms with Crippen LogP contribution in [0.5, 0.6) is 0 Å². The smallest absolute Gasteiger partial charge is 0.227 e. The van der Waals surface area contributed by atoms with Gasteiger partial charge in [0.2, 0.25) is 17.6 Å². The Morgan fingerprint density at radius 3 is 2.56 bits per heavy atom. The Bertz CT molecular complexity index is 927. The Balaban J connectivity index is 1.58. The predicted molar refractivity (Wildman–Crippen MR) is 102 cm³/mol. The topological polar surface area (TPSA) is 68.0 Å². The lowest BCUT2D eigenvalue weighted by Crippen LogP contribution is -2.12. The number of carbonyl (C=O) groups excluding carboxylic acids is 1. The van der Waals surface area contributed by atoms with E-state index in [2.05, 4.69) is 48.4 Å². The third kappa shape index (κ3) is 5.00. The second-order valence-electron chi connectivity index (χ2n) is 7.40. The molecule has 0 saturated carbocycles. The van der Waals surface area contributed by atoms with Crippen molar-refractivity contribution in [1.29, 1.82) is 0 Å². The van der Waals surface area contributed by atoms with E-state index >= 15 is 0 Å². The lowest BCUT2D eigenvalue weighted by Gasteiger charge is -2.18. The van der Waals surface area contributed by atoms with Gasteiger partial charge in [0.25, 0.3) is 0 Å². The first-order chi connectivity index (χ1) is 12.8. The number of benzene rings is 2. The van der Waals surface area contributed by atoms with Crippen LogP contribution in [0.25, 0.3) is 11.4 Å². The lowest BCUT2D eigenvalue weighted by molar-refractivity contribution is -0.116. The number of aryl methyl sites for hydroxylation is 1. The summed E-state index contributed by atoms with van der Waals surface area (Å²) in [5.74, 6) is 0.247. The fourth-order valence-corrected chi connectivity index (χ4v) is 2.60. The van der Waals surface area contributed by atoms with E-state index in [0.717, 1.165) is 5.56 Å². The quantitative estimate of drug-likeness (QED) is 0.707. The average molecular weight is 367 g/mol. The number of rotatable bonds is 5. The van der Waals surface area contributed by atoms with Gasteiger partial charge in [-0.05, 0) is 29.2 Å². The van der Waals surface area contributed by atoms with Crippen LogP contribution >= 0.6 is 0 Å². The minimum absolute atomic E-state index is 0.0793. The zero-order valence-electron chi connectivity index (χ0n) is 15.6. The molecule has 0 unspecified atom stereocenters. The van der Waals surface area contributed by atoms with Gasteiger partial charge in [-0.25, -0.2) is 4.39 Å². The number of anilines is 1. The SMILES string of the molecule is CC(C)(C)c1ccc(-c2noc(CCC(=O)Nc3cccc(F)c3)n2)cc1. The highest BCUT2D eigenvalue weighted by molar-refractivity contribution is 5.90. The van der Waals surface area contributed by atoms with E-state index in [9.17, 15) is 9.18 Å². The molecule has 27 heavy (non-hydrogen) atoms. The number of hydrogen-bond acceptors (Lipinski definition) is 4. The van der Waals surface area contributed by atoms with Gasteiger partial charge < -0.3 is 9.84 Å². The van der Waals surface area contributed by atoms with Crippen LogP contribution in [0.15, 0.2) is 53.1 Å². The maximum Gasteiger partial charge on any atom is 0.227 e. The van der Waals surface area contributed by atoms with Crippen molar-refractivity contribution >= 4 is 11.6 Å². The number of amides is 1. The molecule has 0 spiro atoms. The summed E-state index contributed by atoms with van der Waals surface area (Å²) in [5.41, 5.74) is 2.59. The van der Waals surface area contributed by atoms with Crippen LogP contribution in [-0.4, -0.2) is 16.0 Å². The molecule has 1 heterocycles. The number of nitrogens with one attached hydrogen (secondary N) is 1. The van der Waals surface area contributed by atoms with Crippen molar-refractivity contribution < 1.29 is 13.7 Å². The summed E-state index contributed by atoms with van der Waals surface area (Å²) in [6.07, 6.45) is 0.481. The highest BCUT2D eigenvalue weighted by Gasteiger charge is 2.15. The molecule has 0 saturated heterocycles. The van der Waals surface area contributed by atoms with E-state index in [1.54, 1.807) is 12.1 Å². The molecule has 140 valence electrons. The largest absolute Gasteiger partial charge is 0.339 e. The average Bonchev–Trinajstić information content (AvgIpc) is 3.08. The highest BCUT2D eigenvalue weighted by atomic mass is 19.1. The first-order valence-corrected chi connectivity index (χ1v) is 8.80. The third-order valence-corrected chi connectivity index (χ3v) is 4.15. The summed E-state index contributed by atoms with van der Waals surface area (Å²) in [6, 6.07) is 13.8. The fraction of sp³-hybridized carbons (Fsp3) is 0.286. The normalized spacial score (nSPS) is 11.4. The van der Waals surface area contributed by atoms with Gasteiger partial charge in [-0.15, -0.1) is 0 Å². The maximum absolute atomic E-state index is 13.1. The second-order valence-corrected chi connectivity index (χ2v) is 7.40. The Morgan fingerprint density at radius 2 is 1.89 bits per heavy atom. The Labute approximate surface area is 157 Å². The van der Waals surface area contributed by atoms with E-state index in [1.807, 2.05) is 12.1 Å². The van der Waals surface area contributed by atoms with Crippen LogP contribution < -0.4 is 5.32 Å². The van der Waals surface area contributed by atoms with Crippen LogP contribution in [0, 0.1) is 5.82 Å². The molecule has 1 N–H and O–H groups in total. The number of aromatic nitrogens is 2. The minimum Gasteiger partial charge on any atom is -0.339 e. The number of nitrogens with zero attached hydrogens (tertiary/aromatic N) is 2. The van der Waals surface area contributed by atoms with Crippen molar-refractivity contribution in [3.63, 3.8) is 0 Å². The zero-order chi connectivity index (χ0) is 19.4. The molecule has 3 aromatic rings. The molecule has 2 aromatic carbocycles. The molecule has 1 aromatic heterocycles. The standard InChI is InChI=1S/C21H22FN3O2/c1-21(2,3)15-9-7-14(8-10-15)20-24-19(27-25-20)12-11-18(26)23-17-6-4-5-16(22)13-17/h4-10,13H,11-12H2,1-3H3,(H,23,26). The molecular formula is C21H22FN3O2. The molecule has 0 radical (unpaired) electrons. The molecule has 5 nitrogen and oxygen atoms in total. The van der Waals surface area contributed by atoms with E-state index in [4.69, 9.17) is 4.52 Å². The molecule has 6 heteroatoms. The van der Waals surface area contributed by atoms with Crippen LogP contribution in [0.2, 0.25) is 0 Å². The van der Waals surface area contributed by atoms with Gasteiger partial charge in [-0.1, -0.05) is 56.3 Å². The van der Waals surface area contributed by atoms with Crippen molar-refractivity contribution in [2.75, 3.05) is 5.32 Å². The van der Waals surface area contributed by atoms with Crippen molar-refractivity contribution in [1.82, 2.24) is 10.1 Å². The molecule has 0 aliphatic rings. The van der Waals surface area contributed by atoms with Crippen molar-refractivity contribution in [3.8, 4) is 11.4 Å². The van der Waals surface area contributed by atoms with Crippen molar-refractivity contribution in [2.24, 2.45) is 0 Å². The molecule has 1 amide bonds. The second kappa shape index (κ2) is 7.70. The Morgan fingerprint density at radius 1 is 1.15 bits per heavy atom. The van der Waals surface area contributed by atoms with Crippen molar-refractivity contribution in [2.45, 2.75) is 39.0 Å². The minimum atomic E-state index is -0.396. The van der Waals surface area contributed by atoms with Crippen LogP contribution in [0.1, 0.15) is 38.6 Å². The Hall–Kier alpha value is -3.02. The summed E-state index contributed by atoms with van der Waals surface area (Å²) in [6.45, 7) is 6.47. The predicted octanol–water partition coefficient (Wildman–Crippen LogP) is 4.74. The van der Waals surface area contributed by atoms with E-state index in [0.29, 0.717) is 23.8 Å². The number of carbonyl (C=O) groups is 1. The van der Waals surface area contributed by atoms with E-state index < -0.39 is 5.82 Å². The Kier molecular flexibility index (Phi) is 5.35. The molecule has 0 aliphatic heterocycles. The van der Waals surface area contributed by atoms with Gasteiger partial charge in [-0.2, -0.15) is 4.98 Å². The molecule has 3 rings (SSSR count). The summed E-state index contributed by atoms with van der Waals surface area (Å²) in [7, 11) is 0. The van der Waals surface area contributed by atoms with Crippen molar-refractivity contribution in [3.05, 3.63) is 65.8 Å².